The van der Waals surface area contributed by atoms with E-state index in [2.05, 4.69) is 4.72 Å². The molecule has 0 aromatic heterocycles. The van der Waals surface area contributed by atoms with Crippen LogP contribution in [0.5, 0.6) is 11.5 Å². The fourth-order valence-corrected chi connectivity index (χ4v) is 3.89. The van der Waals surface area contributed by atoms with Crippen LogP contribution in [0.3, 0.4) is 0 Å². The average Bonchev–Trinajstić information content (AvgIpc) is 2.59. The minimum absolute atomic E-state index is 0.229. The van der Waals surface area contributed by atoms with Crippen molar-refractivity contribution in [1.82, 2.24) is 4.72 Å². The third-order valence-electron chi connectivity index (χ3n) is 3.90. The van der Waals surface area contributed by atoms with Gasteiger partial charge < -0.3 is 9.47 Å². The van der Waals surface area contributed by atoms with Crippen molar-refractivity contribution >= 4 is 10.0 Å². The van der Waals surface area contributed by atoms with Crippen LogP contribution in [0.2, 0.25) is 0 Å². The van der Waals surface area contributed by atoms with Gasteiger partial charge in [0, 0.05) is 6.04 Å². The monoisotopic (exact) mass is 349 g/mol. The van der Waals surface area contributed by atoms with E-state index in [4.69, 9.17) is 9.47 Å². The first-order chi connectivity index (χ1) is 11.4. The standard InChI is InChI=1S/C18H23NO4S/c1-5-17(14-6-8-15(22-3)9-7-14)19-24(20,21)16-10-11-18(23-4)13(2)12-16/h6-12,17,19H,5H2,1-4H3. The quantitative estimate of drug-likeness (QED) is 0.832. The van der Waals surface area contributed by atoms with Crippen molar-refractivity contribution in [3.63, 3.8) is 0 Å². The van der Waals surface area contributed by atoms with Gasteiger partial charge in [-0.05, 0) is 54.8 Å². The summed E-state index contributed by atoms with van der Waals surface area (Å²) in [6.07, 6.45) is 0.640. The molecule has 0 heterocycles. The van der Waals surface area contributed by atoms with Crippen LogP contribution < -0.4 is 14.2 Å². The van der Waals surface area contributed by atoms with Crippen molar-refractivity contribution in [2.75, 3.05) is 14.2 Å². The van der Waals surface area contributed by atoms with Gasteiger partial charge in [0.05, 0.1) is 19.1 Å². The lowest BCUT2D eigenvalue weighted by atomic mass is 10.1. The smallest absolute Gasteiger partial charge is 0.241 e. The summed E-state index contributed by atoms with van der Waals surface area (Å²) in [6, 6.07) is 11.9. The van der Waals surface area contributed by atoms with E-state index in [0.29, 0.717) is 12.2 Å². The highest BCUT2D eigenvalue weighted by Gasteiger charge is 2.21. The lowest BCUT2D eigenvalue weighted by Crippen LogP contribution is -2.28. The van der Waals surface area contributed by atoms with E-state index in [9.17, 15) is 8.42 Å². The van der Waals surface area contributed by atoms with Crippen molar-refractivity contribution in [2.45, 2.75) is 31.2 Å². The Kier molecular flexibility index (Phi) is 5.85. The van der Waals surface area contributed by atoms with E-state index in [1.165, 1.54) is 0 Å². The highest BCUT2D eigenvalue weighted by atomic mass is 32.2. The van der Waals surface area contributed by atoms with Gasteiger partial charge in [-0.25, -0.2) is 13.1 Å². The second kappa shape index (κ2) is 7.68. The van der Waals surface area contributed by atoms with Gasteiger partial charge in [-0.2, -0.15) is 0 Å². The minimum Gasteiger partial charge on any atom is -0.497 e. The van der Waals surface area contributed by atoms with Crippen molar-refractivity contribution in [1.29, 1.82) is 0 Å². The third-order valence-corrected chi connectivity index (χ3v) is 5.37. The van der Waals surface area contributed by atoms with Crippen LogP contribution in [0.25, 0.3) is 0 Å². The number of hydrogen-bond acceptors (Lipinski definition) is 4. The van der Waals surface area contributed by atoms with Crippen LogP contribution in [-0.4, -0.2) is 22.6 Å². The number of rotatable bonds is 7. The predicted molar refractivity (Wildman–Crippen MR) is 94.1 cm³/mol. The van der Waals surface area contributed by atoms with Crippen molar-refractivity contribution in [3.8, 4) is 11.5 Å². The van der Waals surface area contributed by atoms with Crippen LogP contribution in [0.1, 0.15) is 30.5 Å². The molecule has 0 saturated carbocycles. The molecule has 0 aliphatic heterocycles. The normalized spacial score (nSPS) is 12.7. The van der Waals surface area contributed by atoms with Gasteiger partial charge in [0.1, 0.15) is 11.5 Å². The Hall–Kier alpha value is -2.05. The largest absolute Gasteiger partial charge is 0.497 e. The third kappa shape index (κ3) is 4.07. The summed E-state index contributed by atoms with van der Waals surface area (Å²) in [5.74, 6) is 1.40. The SMILES string of the molecule is CCC(NS(=O)(=O)c1ccc(OC)c(C)c1)c1ccc(OC)cc1. The Balaban J connectivity index is 2.26. The maximum absolute atomic E-state index is 12.7. The molecule has 0 saturated heterocycles. The number of sulfonamides is 1. The molecule has 1 unspecified atom stereocenters. The maximum atomic E-state index is 12.7. The topological polar surface area (TPSA) is 64.6 Å². The zero-order valence-electron chi connectivity index (χ0n) is 14.4. The molecule has 0 bridgehead atoms. The summed E-state index contributed by atoms with van der Waals surface area (Å²) in [4.78, 5) is 0.229. The molecule has 6 heteroatoms. The molecule has 0 aliphatic carbocycles. The molecular weight excluding hydrogens is 326 g/mol. The van der Waals surface area contributed by atoms with Gasteiger partial charge in [-0.15, -0.1) is 0 Å². The molecule has 1 N–H and O–H groups in total. The first kappa shape index (κ1) is 18.3. The summed E-state index contributed by atoms with van der Waals surface area (Å²) in [6.45, 7) is 3.76. The number of aryl methyl sites for hydroxylation is 1. The highest BCUT2D eigenvalue weighted by molar-refractivity contribution is 7.89. The molecule has 0 aliphatic rings. The number of hydrogen-bond donors (Lipinski definition) is 1. The van der Waals surface area contributed by atoms with Crippen molar-refractivity contribution in [3.05, 3.63) is 53.6 Å². The van der Waals surface area contributed by atoms with Gasteiger partial charge in [-0.3, -0.25) is 0 Å². The second-order valence-electron chi connectivity index (χ2n) is 5.49. The lowest BCUT2D eigenvalue weighted by Gasteiger charge is -2.18. The zero-order valence-corrected chi connectivity index (χ0v) is 15.2. The molecule has 2 aromatic carbocycles. The second-order valence-corrected chi connectivity index (χ2v) is 7.20. The molecule has 0 fully saturated rings. The van der Waals surface area contributed by atoms with Crippen molar-refractivity contribution < 1.29 is 17.9 Å². The van der Waals surface area contributed by atoms with Crippen LogP contribution in [-0.2, 0) is 10.0 Å². The molecule has 2 aromatic rings. The van der Waals surface area contributed by atoms with Gasteiger partial charge in [-0.1, -0.05) is 19.1 Å². The van der Waals surface area contributed by atoms with E-state index in [-0.39, 0.29) is 10.9 Å². The van der Waals surface area contributed by atoms with Crippen LogP contribution in [0, 0.1) is 6.92 Å². The van der Waals surface area contributed by atoms with E-state index < -0.39 is 10.0 Å². The molecule has 130 valence electrons. The van der Waals surface area contributed by atoms with E-state index >= 15 is 0 Å². The molecule has 2 rings (SSSR count). The predicted octanol–water partition coefficient (Wildman–Crippen LogP) is 3.44. The number of nitrogens with one attached hydrogen (secondary N) is 1. The molecule has 1 atom stereocenters. The fourth-order valence-electron chi connectivity index (χ4n) is 2.50. The molecule has 0 amide bonds. The summed E-state index contributed by atoms with van der Waals surface area (Å²) >= 11 is 0. The van der Waals surface area contributed by atoms with E-state index in [1.807, 2.05) is 38.1 Å². The van der Waals surface area contributed by atoms with E-state index in [1.54, 1.807) is 32.4 Å². The average molecular weight is 349 g/mol. The highest BCUT2D eigenvalue weighted by Crippen LogP contribution is 2.25. The first-order valence-corrected chi connectivity index (χ1v) is 9.20. The Morgan fingerprint density at radius 3 is 2.21 bits per heavy atom. The lowest BCUT2D eigenvalue weighted by molar-refractivity contribution is 0.411. The molecule has 0 radical (unpaired) electrons. The van der Waals surface area contributed by atoms with Crippen molar-refractivity contribution in [2.24, 2.45) is 0 Å². The Bertz CT molecular complexity index is 785. The summed E-state index contributed by atoms with van der Waals surface area (Å²) in [5, 5.41) is 0. The summed E-state index contributed by atoms with van der Waals surface area (Å²) in [7, 11) is -0.460. The van der Waals surface area contributed by atoms with E-state index in [0.717, 1.165) is 16.9 Å². The van der Waals surface area contributed by atoms with Gasteiger partial charge in [0.25, 0.3) is 0 Å². The van der Waals surface area contributed by atoms with Gasteiger partial charge in [0.2, 0.25) is 10.0 Å². The zero-order chi connectivity index (χ0) is 17.7. The summed E-state index contributed by atoms with van der Waals surface area (Å²) in [5.41, 5.74) is 1.67. The fraction of sp³-hybridized carbons (Fsp3) is 0.333. The number of methoxy groups -OCH3 is 2. The minimum atomic E-state index is -3.62. The Morgan fingerprint density at radius 1 is 1.04 bits per heavy atom. The Labute approximate surface area is 143 Å². The molecule has 0 spiro atoms. The first-order valence-electron chi connectivity index (χ1n) is 7.72. The number of benzene rings is 2. The molecule has 24 heavy (non-hydrogen) atoms. The van der Waals surface area contributed by atoms with Gasteiger partial charge in [0.15, 0.2) is 0 Å². The molecular formula is C18H23NO4S. The maximum Gasteiger partial charge on any atom is 0.241 e. The Morgan fingerprint density at radius 2 is 1.71 bits per heavy atom. The van der Waals surface area contributed by atoms with Crippen LogP contribution in [0.15, 0.2) is 47.4 Å². The van der Waals surface area contributed by atoms with Gasteiger partial charge >= 0.3 is 0 Å². The van der Waals surface area contributed by atoms with Crippen LogP contribution in [0.4, 0.5) is 0 Å². The number of ether oxygens (including phenoxy) is 2. The molecule has 5 nitrogen and oxygen atoms in total. The van der Waals surface area contributed by atoms with Crippen LogP contribution >= 0.6 is 0 Å². The summed E-state index contributed by atoms with van der Waals surface area (Å²) < 4.78 is 38.4.